The number of carbonyl (C=O) groups is 1. The van der Waals surface area contributed by atoms with Crippen LogP contribution >= 0.6 is 15.9 Å². The Kier molecular flexibility index (Phi) is 3.06. The summed E-state index contributed by atoms with van der Waals surface area (Å²) in [7, 11) is 0. The molecule has 2 heterocycles. The molecular formula is C14H16BrNO2. The molecule has 18 heavy (non-hydrogen) atoms. The molecule has 0 aromatic heterocycles. The van der Waals surface area contributed by atoms with Gasteiger partial charge in [0.2, 0.25) is 0 Å². The number of benzene rings is 1. The maximum Gasteiger partial charge on any atom is 0.254 e. The number of carbonyl (C=O) groups excluding carboxylic acids is 1. The highest BCUT2D eigenvalue weighted by Crippen LogP contribution is 2.39. The number of nitrogens with zero attached hydrogens (tertiary/aromatic N) is 1. The fraction of sp³-hybridized carbons (Fsp3) is 0.500. The third kappa shape index (κ3) is 2.03. The van der Waals surface area contributed by atoms with Crippen molar-refractivity contribution in [3.8, 4) is 5.75 Å². The first kappa shape index (κ1) is 12.0. The first-order valence-corrected chi connectivity index (χ1v) is 7.32. The molecule has 2 unspecified atom stereocenters. The molecule has 1 amide bonds. The zero-order valence-corrected chi connectivity index (χ0v) is 11.6. The minimum atomic E-state index is 0.113. The summed E-state index contributed by atoms with van der Waals surface area (Å²) < 4.78 is 0. The van der Waals surface area contributed by atoms with E-state index in [9.17, 15) is 9.90 Å². The van der Waals surface area contributed by atoms with Gasteiger partial charge in [-0.15, -0.1) is 0 Å². The molecule has 1 aromatic carbocycles. The van der Waals surface area contributed by atoms with Crippen molar-refractivity contribution in [1.29, 1.82) is 0 Å². The number of alkyl halides is 1. The Morgan fingerprint density at radius 1 is 1.17 bits per heavy atom. The standard InChI is InChI=1S/C14H16BrNO2/c15-10-7-11-3-4-12(8-10)16(11)14(18)9-1-5-13(17)6-2-9/h1-2,5-6,10-12,17H,3-4,7-8H2. The van der Waals surface area contributed by atoms with Crippen LogP contribution in [0.15, 0.2) is 24.3 Å². The van der Waals surface area contributed by atoms with E-state index >= 15 is 0 Å². The first-order valence-electron chi connectivity index (χ1n) is 6.41. The van der Waals surface area contributed by atoms with Crippen LogP contribution in [0.1, 0.15) is 36.0 Å². The van der Waals surface area contributed by atoms with Gasteiger partial charge in [-0.1, -0.05) is 15.9 Å². The minimum absolute atomic E-state index is 0.113. The number of rotatable bonds is 1. The second-order valence-electron chi connectivity index (χ2n) is 5.21. The summed E-state index contributed by atoms with van der Waals surface area (Å²) in [5.41, 5.74) is 0.678. The molecule has 0 radical (unpaired) electrons. The van der Waals surface area contributed by atoms with Crippen molar-refractivity contribution in [3.05, 3.63) is 29.8 Å². The SMILES string of the molecule is O=C(c1ccc(O)cc1)N1C2CCC1CC(Br)C2. The van der Waals surface area contributed by atoms with Crippen LogP contribution in [-0.2, 0) is 0 Å². The van der Waals surface area contributed by atoms with E-state index in [0.29, 0.717) is 22.5 Å². The quantitative estimate of drug-likeness (QED) is 0.810. The highest BCUT2D eigenvalue weighted by molar-refractivity contribution is 9.09. The van der Waals surface area contributed by atoms with Gasteiger partial charge in [0.25, 0.3) is 5.91 Å². The Bertz CT molecular complexity index is 445. The van der Waals surface area contributed by atoms with E-state index in [-0.39, 0.29) is 11.7 Å². The first-order chi connectivity index (χ1) is 8.65. The Morgan fingerprint density at radius 2 is 1.72 bits per heavy atom. The molecule has 2 fully saturated rings. The normalized spacial score (nSPS) is 30.5. The summed E-state index contributed by atoms with van der Waals surface area (Å²) >= 11 is 3.68. The van der Waals surface area contributed by atoms with E-state index in [1.165, 1.54) is 0 Å². The van der Waals surface area contributed by atoms with E-state index < -0.39 is 0 Å². The summed E-state index contributed by atoms with van der Waals surface area (Å²) in [6.45, 7) is 0. The Labute approximate surface area is 115 Å². The van der Waals surface area contributed by atoms with Crippen molar-refractivity contribution in [3.63, 3.8) is 0 Å². The average molecular weight is 310 g/mol. The second-order valence-corrected chi connectivity index (χ2v) is 6.51. The molecule has 2 aliphatic heterocycles. The van der Waals surface area contributed by atoms with Gasteiger partial charge in [-0.2, -0.15) is 0 Å². The monoisotopic (exact) mass is 309 g/mol. The van der Waals surface area contributed by atoms with Gasteiger partial charge in [0.15, 0.2) is 0 Å². The molecule has 3 nitrogen and oxygen atoms in total. The van der Waals surface area contributed by atoms with Crippen molar-refractivity contribution < 1.29 is 9.90 Å². The van der Waals surface area contributed by atoms with Gasteiger partial charge in [0.1, 0.15) is 5.75 Å². The topological polar surface area (TPSA) is 40.5 Å². The molecule has 2 aliphatic rings. The fourth-order valence-electron chi connectivity index (χ4n) is 3.20. The number of halogens is 1. The lowest BCUT2D eigenvalue weighted by Crippen LogP contribution is -2.46. The number of fused-ring (bicyclic) bond motifs is 2. The number of aromatic hydroxyl groups is 1. The lowest BCUT2D eigenvalue weighted by atomic mass is 10.0. The van der Waals surface area contributed by atoms with Crippen LogP contribution in [0.4, 0.5) is 0 Å². The van der Waals surface area contributed by atoms with E-state index in [1.807, 2.05) is 0 Å². The summed E-state index contributed by atoms with van der Waals surface area (Å²) in [5.74, 6) is 0.315. The van der Waals surface area contributed by atoms with Gasteiger partial charge < -0.3 is 10.0 Å². The van der Waals surface area contributed by atoms with Crippen LogP contribution in [0.25, 0.3) is 0 Å². The highest BCUT2D eigenvalue weighted by atomic mass is 79.9. The average Bonchev–Trinajstić information content (AvgIpc) is 2.62. The molecule has 0 spiro atoms. The van der Waals surface area contributed by atoms with Crippen LogP contribution in [0.5, 0.6) is 5.75 Å². The number of phenols is 1. The maximum absolute atomic E-state index is 12.5. The smallest absolute Gasteiger partial charge is 0.254 e. The van der Waals surface area contributed by atoms with Crippen molar-refractivity contribution in [2.45, 2.75) is 42.6 Å². The molecule has 96 valence electrons. The summed E-state index contributed by atoms with van der Waals surface area (Å²) in [4.78, 5) is 15.1. The van der Waals surface area contributed by atoms with Gasteiger partial charge in [-0.3, -0.25) is 4.79 Å². The van der Waals surface area contributed by atoms with E-state index in [2.05, 4.69) is 20.8 Å². The van der Waals surface area contributed by atoms with Crippen LogP contribution < -0.4 is 0 Å². The van der Waals surface area contributed by atoms with Crippen LogP contribution in [-0.4, -0.2) is 32.8 Å². The second kappa shape index (κ2) is 4.57. The maximum atomic E-state index is 12.5. The summed E-state index contributed by atoms with van der Waals surface area (Å²) in [5, 5.41) is 9.27. The van der Waals surface area contributed by atoms with Crippen molar-refractivity contribution in [2.75, 3.05) is 0 Å². The van der Waals surface area contributed by atoms with Crippen LogP contribution in [0.2, 0.25) is 0 Å². The number of phenolic OH excluding ortho intramolecular Hbond substituents is 1. The Hall–Kier alpha value is -1.03. The molecule has 3 rings (SSSR count). The number of hydrogen-bond acceptors (Lipinski definition) is 2. The molecule has 1 N–H and O–H groups in total. The third-order valence-corrected chi connectivity index (χ3v) is 4.77. The molecular weight excluding hydrogens is 294 g/mol. The molecule has 4 heteroatoms. The van der Waals surface area contributed by atoms with E-state index in [1.54, 1.807) is 24.3 Å². The van der Waals surface area contributed by atoms with Gasteiger partial charge in [-0.05, 0) is 49.9 Å². The number of piperidine rings is 1. The molecule has 0 saturated carbocycles. The summed E-state index contributed by atoms with van der Waals surface area (Å²) in [6, 6.07) is 7.33. The van der Waals surface area contributed by atoms with Crippen molar-refractivity contribution in [1.82, 2.24) is 4.90 Å². The predicted octanol–water partition coefficient (Wildman–Crippen LogP) is 2.92. The van der Waals surface area contributed by atoms with E-state index in [0.717, 1.165) is 25.7 Å². The third-order valence-electron chi connectivity index (χ3n) is 4.02. The van der Waals surface area contributed by atoms with Gasteiger partial charge >= 0.3 is 0 Å². The van der Waals surface area contributed by atoms with Crippen LogP contribution in [0.3, 0.4) is 0 Å². The molecule has 1 aromatic rings. The van der Waals surface area contributed by atoms with Gasteiger partial charge in [0.05, 0.1) is 0 Å². The van der Waals surface area contributed by atoms with E-state index in [4.69, 9.17) is 0 Å². The fourth-order valence-corrected chi connectivity index (χ4v) is 4.06. The zero-order valence-electron chi connectivity index (χ0n) is 10.1. The highest BCUT2D eigenvalue weighted by Gasteiger charge is 2.42. The lowest BCUT2D eigenvalue weighted by Gasteiger charge is -2.37. The molecule has 2 atom stereocenters. The number of hydrogen-bond donors (Lipinski definition) is 1. The Balaban J connectivity index is 1.83. The zero-order chi connectivity index (χ0) is 12.7. The lowest BCUT2D eigenvalue weighted by molar-refractivity contribution is 0.0603. The molecule has 0 aliphatic carbocycles. The Morgan fingerprint density at radius 3 is 2.28 bits per heavy atom. The van der Waals surface area contributed by atoms with Crippen LogP contribution in [0, 0.1) is 0 Å². The van der Waals surface area contributed by atoms with Crippen molar-refractivity contribution >= 4 is 21.8 Å². The molecule has 2 saturated heterocycles. The van der Waals surface area contributed by atoms with Crippen molar-refractivity contribution in [2.24, 2.45) is 0 Å². The summed E-state index contributed by atoms with van der Waals surface area (Å²) in [6.07, 6.45) is 4.35. The molecule has 2 bridgehead atoms. The predicted molar refractivity (Wildman–Crippen MR) is 73.0 cm³/mol. The van der Waals surface area contributed by atoms with Gasteiger partial charge in [0, 0.05) is 22.5 Å². The largest absolute Gasteiger partial charge is 0.508 e. The number of amides is 1. The minimum Gasteiger partial charge on any atom is -0.508 e. The van der Waals surface area contributed by atoms with Gasteiger partial charge in [-0.25, -0.2) is 0 Å².